The molecule has 0 saturated carbocycles. The van der Waals surface area contributed by atoms with E-state index in [0.29, 0.717) is 22.1 Å². The van der Waals surface area contributed by atoms with Crippen LogP contribution in [0.25, 0.3) is 6.08 Å². The van der Waals surface area contributed by atoms with E-state index in [0.717, 1.165) is 37.0 Å². The SMILES string of the molecule is CN(C)C1CCN(c2ccc(C(N)=O)cc2C=C2SC(=O)NC2=O)C1. The molecule has 2 aliphatic heterocycles. The lowest BCUT2D eigenvalue weighted by molar-refractivity contribution is -0.115. The highest BCUT2D eigenvalue weighted by atomic mass is 32.2. The summed E-state index contributed by atoms with van der Waals surface area (Å²) in [7, 11) is 4.11. The molecule has 25 heavy (non-hydrogen) atoms. The maximum atomic E-state index is 11.8. The van der Waals surface area contributed by atoms with Gasteiger partial charge in [-0.2, -0.15) is 0 Å². The largest absolute Gasteiger partial charge is 0.369 e. The predicted molar refractivity (Wildman–Crippen MR) is 98.4 cm³/mol. The molecule has 0 aliphatic carbocycles. The van der Waals surface area contributed by atoms with Gasteiger partial charge in [0.05, 0.1) is 4.91 Å². The number of nitrogens with two attached hydrogens (primary N) is 1. The second-order valence-electron chi connectivity index (χ2n) is 6.34. The van der Waals surface area contributed by atoms with Crippen LogP contribution < -0.4 is 16.0 Å². The number of likely N-dealkylation sites (N-methyl/N-ethyl adjacent to an activating group) is 1. The zero-order valence-corrected chi connectivity index (χ0v) is 14.9. The number of nitrogens with one attached hydrogen (secondary N) is 1. The molecule has 3 N–H and O–H groups in total. The number of carbonyl (C=O) groups excluding carboxylic acids is 3. The minimum atomic E-state index is -0.529. The number of benzene rings is 1. The number of hydrogen-bond acceptors (Lipinski definition) is 6. The zero-order valence-electron chi connectivity index (χ0n) is 14.1. The van der Waals surface area contributed by atoms with E-state index in [4.69, 9.17) is 5.73 Å². The van der Waals surface area contributed by atoms with Crippen LogP contribution in [0.4, 0.5) is 10.5 Å². The second-order valence-corrected chi connectivity index (χ2v) is 7.36. The topological polar surface area (TPSA) is 95.7 Å². The first-order chi connectivity index (χ1) is 11.8. The van der Waals surface area contributed by atoms with Crippen molar-refractivity contribution < 1.29 is 14.4 Å². The summed E-state index contributed by atoms with van der Waals surface area (Å²) < 4.78 is 0. The number of amides is 3. The lowest BCUT2D eigenvalue weighted by Gasteiger charge is -2.23. The molecule has 1 aromatic carbocycles. The fourth-order valence-electron chi connectivity index (χ4n) is 3.06. The summed E-state index contributed by atoms with van der Waals surface area (Å²) in [4.78, 5) is 39.5. The number of thioether (sulfide) groups is 1. The Balaban J connectivity index is 1.98. The lowest BCUT2D eigenvalue weighted by Crippen LogP contribution is -2.31. The Bertz CT molecular complexity index is 775. The van der Waals surface area contributed by atoms with Crippen molar-refractivity contribution >= 4 is 40.6 Å². The van der Waals surface area contributed by atoms with Gasteiger partial charge in [-0.15, -0.1) is 0 Å². The van der Waals surface area contributed by atoms with Gasteiger partial charge >= 0.3 is 0 Å². The molecule has 132 valence electrons. The van der Waals surface area contributed by atoms with E-state index >= 15 is 0 Å². The first-order valence-corrected chi connectivity index (χ1v) is 8.77. The van der Waals surface area contributed by atoms with Crippen LogP contribution in [-0.2, 0) is 4.79 Å². The highest BCUT2D eigenvalue weighted by molar-refractivity contribution is 8.18. The standard InChI is InChI=1S/C17H20N4O3S/c1-20(2)12-5-6-21(9-12)13-4-3-10(15(18)22)7-11(13)8-14-16(23)19-17(24)25-14/h3-4,7-8,12H,5-6,9H2,1-2H3,(H2,18,22)(H,19,23,24). The van der Waals surface area contributed by atoms with Gasteiger partial charge in [0, 0.05) is 30.4 Å². The summed E-state index contributed by atoms with van der Waals surface area (Å²) in [6, 6.07) is 5.66. The van der Waals surface area contributed by atoms with Gasteiger partial charge in [0.1, 0.15) is 0 Å². The monoisotopic (exact) mass is 360 g/mol. The van der Waals surface area contributed by atoms with Crippen molar-refractivity contribution in [2.45, 2.75) is 12.5 Å². The molecule has 2 aliphatic rings. The molecule has 0 spiro atoms. The number of primary amides is 1. The van der Waals surface area contributed by atoms with Crippen LogP contribution in [0.1, 0.15) is 22.3 Å². The molecule has 1 atom stereocenters. The van der Waals surface area contributed by atoms with E-state index in [9.17, 15) is 14.4 Å². The maximum Gasteiger partial charge on any atom is 0.290 e. The average Bonchev–Trinajstić information content (AvgIpc) is 3.14. The van der Waals surface area contributed by atoms with Crippen LogP contribution in [0.5, 0.6) is 0 Å². The molecule has 1 unspecified atom stereocenters. The van der Waals surface area contributed by atoms with Gasteiger partial charge in [0.25, 0.3) is 11.1 Å². The van der Waals surface area contributed by atoms with Crippen LogP contribution in [0.2, 0.25) is 0 Å². The van der Waals surface area contributed by atoms with Gasteiger partial charge in [-0.05, 0) is 62.1 Å². The summed E-state index contributed by atoms with van der Waals surface area (Å²) in [5.41, 5.74) is 7.39. The Morgan fingerprint density at radius 2 is 2.16 bits per heavy atom. The minimum Gasteiger partial charge on any atom is -0.369 e. The van der Waals surface area contributed by atoms with Crippen molar-refractivity contribution in [3.63, 3.8) is 0 Å². The number of imide groups is 1. The fourth-order valence-corrected chi connectivity index (χ4v) is 3.73. The van der Waals surface area contributed by atoms with Gasteiger partial charge in [-0.25, -0.2) is 0 Å². The highest BCUT2D eigenvalue weighted by Gasteiger charge is 2.28. The summed E-state index contributed by atoms with van der Waals surface area (Å²) in [5.74, 6) is -0.948. The first-order valence-electron chi connectivity index (χ1n) is 7.95. The normalized spacial score (nSPS) is 22.1. The molecule has 3 rings (SSSR count). The summed E-state index contributed by atoms with van der Waals surface area (Å²) in [5, 5.41) is 1.85. The Morgan fingerprint density at radius 1 is 1.40 bits per heavy atom. The molecule has 0 bridgehead atoms. The molecule has 2 fully saturated rings. The van der Waals surface area contributed by atoms with E-state index in [1.165, 1.54) is 0 Å². The van der Waals surface area contributed by atoms with E-state index in [2.05, 4.69) is 29.2 Å². The van der Waals surface area contributed by atoms with Gasteiger partial charge in [0.2, 0.25) is 5.91 Å². The number of nitrogens with zero attached hydrogens (tertiary/aromatic N) is 2. The zero-order chi connectivity index (χ0) is 18.1. The molecule has 2 saturated heterocycles. The summed E-state index contributed by atoms with van der Waals surface area (Å²) in [6.07, 6.45) is 2.68. The molecule has 3 amide bonds. The van der Waals surface area contributed by atoms with Crippen molar-refractivity contribution in [2.24, 2.45) is 5.73 Å². The fraction of sp³-hybridized carbons (Fsp3) is 0.353. The lowest BCUT2D eigenvalue weighted by atomic mass is 10.1. The number of carbonyl (C=O) groups is 3. The molecule has 1 aromatic rings. The van der Waals surface area contributed by atoms with Gasteiger partial charge in [-0.1, -0.05) is 0 Å². The number of hydrogen-bond donors (Lipinski definition) is 2. The van der Waals surface area contributed by atoms with E-state index in [1.54, 1.807) is 18.2 Å². The van der Waals surface area contributed by atoms with E-state index in [-0.39, 0.29) is 0 Å². The maximum absolute atomic E-state index is 11.8. The molecule has 0 aromatic heterocycles. The molecule has 2 heterocycles. The van der Waals surface area contributed by atoms with Gasteiger partial charge in [0.15, 0.2) is 0 Å². The third-order valence-electron chi connectivity index (χ3n) is 4.48. The van der Waals surface area contributed by atoms with Crippen molar-refractivity contribution in [1.82, 2.24) is 10.2 Å². The molecular formula is C17H20N4O3S. The third-order valence-corrected chi connectivity index (χ3v) is 5.29. The molecule has 7 nitrogen and oxygen atoms in total. The van der Waals surface area contributed by atoms with Crippen molar-refractivity contribution in [1.29, 1.82) is 0 Å². The second kappa shape index (κ2) is 6.89. The molecular weight excluding hydrogens is 340 g/mol. The quantitative estimate of drug-likeness (QED) is 0.785. The van der Waals surface area contributed by atoms with Crippen LogP contribution in [-0.4, -0.2) is 55.2 Å². The Kier molecular flexibility index (Phi) is 4.82. The predicted octanol–water partition coefficient (Wildman–Crippen LogP) is 1.25. The molecule has 8 heteroatoms. The van der Waals surface area contributed by atoms with Crippen molar-refractivity contribution in [3.8, 4) is 0 Å². The van der Waals surface area contributed by atoms with Crippen LogP contribution in [0.3, 0.4) is 0 Å². The Morgan fingerprint density at radius 3 is 2.72 bits per heavy atom. The Hall–Kier alpha value is -2.32. The smallest absolute Gasteiger partial charge is 0.290 e. The third kappa shape index (κ3) is 3.69. The molecule has 0 radical (unpaired) electrons. The van der Waals surface area contributed by atoms with Crippen molar-refractivity contribution in [2.75, 3.05) is 32.1 Å². The minimum absolute atomic E-state index is 0.316. The summed E-state index contributed by atoms with van der Waals surface area (Å²) in [6.45, 7) is 1.74. The van der Waals surface area contributed by atoms with Crippen LogP contribution >= 0.6 is 11.8 Å². The van der Waals surface area contributed by atoms with Crippen molar-refractivity contribution in [3.05, 3.63) is 34.2 Å². The van der Waals surface area contributed by atoms with E-state index < -0.39 is 17.1 Å². The van der Waals surface area contributed by atoms with E-state index in [1.807, 2.05) is 6.07 Å². The summed E-state index contributed by atoms with van der Waals surface area (Å²) >= 11 is 0.858. The average molecular weight is 360 g/mol. The number of anilines is 1. The first kappa shape index (κ1) is 17.5. The van der Waals surface area contributed by atoms with Crippen LogP contribution in [0, 0.1) is 0 Å². The van der Waals surface area contributed by atoms with Crippen LogP contribution in [0.15, 0.2) is 23.1 Å². The van der Waals surface area contributed by atoms with Gasteiger partial charge in [-0.3, -0.25) is 19.7 Å². The highest BCUT2D eigenvalue weighted by Crippen LogP contribution is 2.32. The van der Waals surface area contributed by atoms with Gasteiger partial charge < -0.3 is 15.5 Å². The number of rotatable bonds is 4. The Labute approximate surface area is 150 Å².